The molecule has 3 N–H and O–H groups in total. The van der Waals surface area contributed by atoms with Crippen LogP contribution < -0.4 is 11.1 Å². The van der Waals surface area contributed by atoms with E-state index in [9.17, 15) is 25.0 Å². The number of carbonyl (C=O) groups excluding carboxylic acids is 1. The number of nitrogens with zero attached hydrogens (tertiary/aromatic N) is 2. The van der Waals surface area contributed by atoms with E-state index in [0.29, 0.717) is 0 Å². The number of nitro groups is 2. The highest BCUT2D eigenvalue weighted by molar-refractivity contribution is 5.84. The molecule has 108 valence electrons. The van der Waals surface area contributed by atoms with Crippen LogP contribution in [0.4, 0.5) is 17.1 Å². The SMILES string of the molecule is CC(C)C(Nc1ccc([N+](=O)[O-])cc1[N+](=O)[O-])C(N)=O. The van der Waals surface area contributed by atoms with Gasteiger partial charge in [-0.25, -0.2) is 0 Å². The number of non-ortho nitro benzene ring substituents is 1. The Hall–Kier alpha value is -2.71. The molecule has 0 heterocycles. The van der Waals surface area contributed by atoms with Crippen LogP contribution in [-0.2, 0) is 4.79 Å². The first-order valence-electron chi connectivity index (χ1n) is 5.72. The minimum Gasteiger partial charge on any atom is -0.368 e. The molecule has 0 bridgehead atoms. The summed E-state index contributed by atoms with van der Waals surface area (Å²) < 4.78 is 0. The van der Waals surface area contributed by atoms with Crippen molar-refractivity contribution in [3.8, 4) is 0 Å². The Kier molecular flexibility index (Phi) is 4.57. The topological polar surface area (TPSA) is 141 Å². The second-order valence-corrected chi connectivity index (χ2v) is 4.48. The van der Waals surface area contributed by atoms with Crippen LogP contribution in [0, 0.1) is 26.1 Å². The summed E-state index contributed by atoms with van der Waals surface area (Å²) >= 11 is 0. The third-order valence-corrected chi connectivity index (χ3v) is 2.67. The molecule has 1 atom stereocenters. The number of nitrogens with one attached hydrogen (secondary N) is 1. The first-order chi connectivity index (χ1) is 9.23. The number of anilines is 1. The summed E-state index contributed by atoms with van der Waals surface area (Å²) in [6.45, 7) is 3.44. The van der Waals surface area contributed by atoms with Gasteiger partial charge in [0, 0.05) is 6.07 Å². The average Bonchev–Trinajstić information content (AvgIpc) is 2.34. The van der Waals surface area contributed by atoms with Gasteiger partial charge < -0.3 is 11.1 Å². The van der Waals surface area contributed by atoms with Gasteiger partial charge in [-0.15, -0.1) is 0 Å². The number of amides is 1. The molecule has 1 aromatic carbocycles. The summed E-state index contributed by atoms with van der Waals surface area (Å²) in [5, 5.41) is 24.2. The van der Waals surface area contributed by atoms with Crippen molar-refractivity contribution in [2.45, 2.75) is 19.9 Å². The van der Waals surface area contributed by atoms with Crippen LogP contribution in [0.25, 0.3) is 0 Å². The Labute approximate surface area is 114 Å². The maximum absolute atomic E-state index is 11.3. The fourth-order valence-corrected chi connectivity index (χ4v) is 1.64. The van der Waals surface area contributed by atoms with Crippen molar-refractivity contribution in [2.24, 2.45) is 11.7 Å². The van der Waals surface area contributed by atoms with Crippen molar-refractivity contribution in [1.29, 1.82) is 0 Å². The summed E-state index contributed by atoms with van der Waals surface area (Å²) in [6, 6.07) is 2.33. The summed E-state index contributed by atoms with van der Waals surface area (Å²) in [5.41, 5.74) is 4.34. The molecule has 1 amide bonds. The standard InChI is InChI=1S/C11H14N4O5/c1-6(2)10(11(12)16)13-8-4-3-7(14(17)18)5-9(8)15(19)20/h3-6,10,13H,1-2H3,(H2,12,16). The summed E-state index contributed by atoms with van der Waals surface area (Å²) in [5.74, 6) is -0.852. The van der Waals surface area contributed by atoms with Crippen molar-refractivity contribution in [2.75, 3.05) is 5.32 Å². The number of hydrogen-bond donors (Lipinski definition) is 2. The van der Waals surface area contributed by atoms with Gasteiger partial charge in [-0.05, 0) is 12.0 Å². The van der Waals surface area contributed by atoms with Gasteiger partial charge in [-0.2, -0.15) is 0 Å². The zero-order valence-corrected chi connectivity index (χ0v) is 10.9. The van der Waals surface area contributed by atoms with Gasteiger partial charge in [0.15, 0.2) is 0 Å². The quantitative estimate of drug-likeness (QED) is 0.597. The van der Waals surface area contributed by atoms with Crippen molar-refractivity contribution >= 4 is 23.0 Å². The number of benzene rings is 1. The molecular formula is C11H14N4O5. The number of nitro benzene ring substituents is 2. The predicted molar refractivity (Wildman–Crippen MR) is 71.2 cm³/mol. The zero-order chi connectivity index (χ0) is 15.4. The third-order valence-electron chi connectivity index (χ3n) is 2.67. The van der Waals surface area contributed by atoms with E-state index in [1.807, 2.05) is 0 Å². The highest BCUT2D eigenvalue weighted by atomic mass is 16.6. The molecule has 9 nitrogen and oxygen atoms in total. The van der Waals surface area contributed by atoms with Crippen molar-refractivity contribution < 1.29 is 14.6 Å². The number of primary amides is 1. The Morgan fingerprint density at radius 3 is 2.25 bits per heavy atom. The van der Waals surface area contributed by atoms with E-state index in [-0.39, 0.29) is 11.6 Å². The maximum Gasteiger partial charge on any atom is 0.299 e. The molecule has 0 aliphatic heterocycles. The van der Waals surface area contributed by atoms with E-state index in [0.717, 1.165) is 12.1 Å². The number of rotatable bonds is 6. The van der Waals surface area contributed by atoms with Gasteiger partial charge in [0.05, 0.1) is 15.9 Å². The van der Waals surface area contributed by atoms with Crippen molar-refractivity contribution in [3.05, 3.63) is 38.4 Å². The molecule has 9 heteroatoms. The molecule has 20 heavy (non-hydrogen) atoms. The van der Waals surface area contributed by atoms with E-state index in [1.54, 1.807) is 13.8 Å². The van der Waals surface area contributed by atoms with Crippen LogP contribution in [0.5, 0.6) is 0 Å². The second-order valence-electron chi connectivity index (χ2n) is 4.48. The van der Waals surface area contributed by atoms with Crippen LogP contribution in [0.15, 0.2) is 18.2 Å². The average molecular weight is 282 g/mol. The van der Waals surface area contributed by atoms with Crippen LogP contribution >= 0.6 is 0 Å². The minimum absolute atomic E-state index is 0.0121. The highest BCUT2D eigenvalue weighted by Gasteiger charge is 2.25. The fraction of sp³-hybridized carbons (Fsp3) is 0.364. The van der Waals surface area contributed by atoms with Crippen molar-refractivity contribution in [3.63, 3.8) is 0 Å². The third kappa shape index (κ3) is 3.40. The van der Waals surface area contributed by atoms with Gasteiger partial charge in [0.1, 0.15) is 11.7 Å². The van der Waals surface area contributed by atoms with E-state index in [2.05, 4.69) is 5.32 Å². The molecule has 1 rings (SSSR count). The molecule has 0 spiro atoms. The molecule has 0 saturated carbocycles. The second kappa shape index (κ2) is 5.95. The van der Waals surface area contributed by atoms with E-state index in [4.69, 9.17) is 5.73 Å². The normalized spacial score (nSPS) is 11.9. The molecule has 0 fully saturated rings. The van der Waals surface area contributed by atoms with E-state index >= 15 is 0 Å². The summed E-state index contributed by atoms with van der Waals surface area (Å²) in [6.07, 6.45) is 0. The molecule has 1 unspecified atom stereocenters. The van der Waals surface area contributed by atoms with Gasteiger partial charge in [0.25, 0.3) is 11.4 Å². The number of nitrogens with two attached hydrogens (primary N) is 1. The lowest BCUT2D eigenvalue weighted by Gasteiger charge is -2.19. The molecule has 0 aliphatic carbocycles. The van der Waals surface area contributed by atoms with Gasteiger partial charge in [-0.1, -0.05) is 13.8 Å². The Morgan fingerprint density at radius 1 is 1.25 bits per heavy atom. The smallest absolute Gasteiger partial charge is 0.299 e. The lowest BCUT2D eigenvalue weighted by atomic mass is 10.0. The lowest BCUT2D eigenvalue weighted by molar-refractivity contribution is -0.393. The summed E-state index contributed by atoms with van der Waals surface area (Å²) in [4.78, 5) is 31.4. The molecule has 0 aliphatic rings. The zero-order valence-electron chi connectivity index (χ0n) is 10.9. The minimum atomic E-state index is -0.810. The highest BCUT2D eigenvalue weighted by Crippen LogP contribution is 2.30. The molecular weight excluding hydrogens is 268 g/mol. The number of carbonyl (C=O) groups is 1. The van der Waals surface area contributed by atoms with E-state index in [1.165, 1.54) is 6.07 Å². The van der Waals surface area contributed by atoms with Crippen LogP contribution in [-0.4, -0.2) is 21.8 Å². The Balaban J connectivity index is 3.20. The van der Waals surface area contributed by atoms with Gasteiger partial charge in [-0.3, -0.25) is 25.0 Å². The van der Waals surface area contributed by atoms with E-state index < -0.39 is 33.2 Å². The predicted octanol–water partition coefficient (Wildman–Crippen LogP) is 1.42. The van der Waals surface area contributed by atoms with Crippen molar-refractivity contribution in [1.82, 2.24) is 0 Å². The van der Waals surface area contributed by atoms with Crippen LogP contribution in [0.3, 0.4) is 0 Å². The van der Waals surface area contributed by atoms with Gasteiger partial charge >= 0.3 is 0 Å². The lowest BCUT2D eigenvalue weighted by Crippen LogP contribution is -2.39. The van der Waals surface area contributed by atoms with Crippen LogP contribution in [0.1, 0.15) is 13.8 Å². The monoisotopic (exact) mass is 282 g/mol. The molecule has 0 aromatic heterocycles. The number of hydrogen-bond acceptors (Lipinski definition) is 6. The molecule has 0 saturated heterocycles. The Morgan fingerprint density at radius 2 is 1.85 bits per heavy atom. The first-order valence-corrected chi connectivity index (χ1v) is 5.72. The Bertz CT molecular complexity index is 558. The largest absolute Gasteiger partial charge is 0.368 e. The molecule has 0 radical (unpaired) electrons. The summed E-state index contributed by atoms with van der Waals surface area (Å²) in [7, 11) is 0. The first kappa shape index (κ1) is 15.3. The maximum atomic E-state index is 11.3. The molecule has 1 aromatic rings. The van der Waals surface area contributed by atoms with Crippen LogP contribution in [0.2, 0.25) is 0 Å². The fourth-order valence-electron chi connectivity index (χ4n) is 1.64. The van der Waals surface area contributed by atoms with Gasteiger partial charge in [0.2, 0.25) is 5.91 Å².